The molecule has 0 radical (unpaired) electrons. The van der Waals surface area contributed by atoms with Crippen LogP contribution in [0.3, 0.4) is 0 Å². The van der Waals surface area contributed by atoms with Crippen LogP contribution in [0.15, 0.2) is 0 Å². The van der Waals surface area contributed by atoms with Gasteiger partial charge in [0, 0.05) is 6.92 Å². The number of hydrogen-bond acceptors (Lipinski definition) is 2. The van der Waals surface area contributed by atoms with E-state index in [2.05, 4.69) is 15.9 Å². The van der Waals surface area contributed by atoms with Gasteiger partial charge < -0.3 is 0 Å². The molecule has 2 nitrogen and oxygen atoms in total. The highest BCUT2D eigenvalue weighted by molar-refractivity contribution is 9.10. The van der Waals surface area contributed by atoms with E-state index in [1.165, 1.54) is 6.92 Å². The summed E-state index contributed by atoms with van der Waals surface area (Å²) in [6.07, 6.45) is 0.721. The quantitative estimate of drug-likeness (QED) is 0.537. The molecule has 11 heavy (non-hydrogen) atoms. The van der Waals surface area contributed by atoms with Crippen molar-refractivity contribution in [2.75, 3.05) is 0 Å². The van der Waals surface area contributed by atoms with Crippen molar-refractivity contribution < 1.29 is 9.59 Å². The van der Waals surface area contributed by atoms with E-state index in [4.69, 9.17) is 0 Å². The highest BCUT2D eigenvalue weighted by atomic mass is 79.9. The molecule has 0 aliphatic heterocycles. The third-order valence-electron chi connectivity index (χ3n) is 1.31. The Morgan fingerprint density at radius 1 is 1.36 bits per heavy atom. The molecule has 0 aromatic heterocycles. The minimum absolute atomic E-state index is 0.292. The van der Waals surface area contributed by atoms with E-state index in [0.29, 0.717) is 5.92 Å². The Morgan fingerprint density at radius 2 is 1.82 bits per heavy atom. The summed E-state index contributed by atoms with van der Waals surface area (Å²) >= 11 is 3.17. The van der Waals surface area contributed by atoms with Crippen molar-refractivity contribution in [2.24, 2.45) is 5.92 Å². The van der Waals surface area contributed by atoms with E-state index in [0.717, 1.165) is 6.42 Å². The maximum atomic E-state index is 11.0. The van der Waals surface area contributed by atoms with Gasteiger partial charge in [0.25, 0.3) is 0 Å². The Morgan fingerprint density at radius 3 is 2.09 bits per heavy atom. The molecule has 3 heteroatoms. The molecule has 0 fully saturated rings. The summed E-state index contributed by atoms with van der Waals surface area (Å²) < 4.78 is 0. The van der Waals surface area contributed by atoms with Crippen LogP contribution in [-0.2, 0) is 9.59 Å². The van der Waals surface area contributed by atoms with Gasteiger partial charge in [0.2, 0.25) is 5.78 Å². The average molecular weight is 221 g/mol. The normalized spacial score (nSPS) is 13.2. The number of carbonyl (C=O) groups excluding carboxylic acids is 2. The lowest BCUT2D eigenvalue weighted by Crippen LogP contribution is -2.22. The second-order valence-corrected chi connectivity index (χ2v) is 4.12. The zero-order valence-corrected chi connectivity index (χ0v) is 8.64. The van der Waals surface area contributed by atoms with E-state index >= 15 is 0 Å². The molecule has 0 bridgehead atoms. The van der Waals surface area contributed by atoms with Crippen molar-refractivity contribution in [3.8, 4) is 0 Å². The maximum Gasteiger partial charge on any atom is 0.211 e. The number of rotatable bonds is 4. The van der Waals surface area contributed by atoms with E-state index in [1.807, 2.05) is 13.8 Å². The van der Waals surface area contributed by atoms with Gasteiger partial charge in [-0.25, -0.2) is 0 Å². The van der Waals surface area contributed by atoms with Crippen molar-refractivity contribution in [2.45, 2.75) is 32.0 Å². The van der Waals surface area contributed by atoms with Crippen molar-refractivity contribution in [3.05, 3.63) is 0 Å². The standard InChI is InChI=1S/C8H13BrO2/c1-5(2)4-7(9)8(11)6(3)10/h5,7H,4H2,1-3H3. The number of alkyl halides is 1. The van der Waals surface area contributed by atoms with Crippen LogP contribution in [-0.4, -0.2) is 16.4 Å². The van der Waals surface area contributed by atoms with Crippen LogP contribution in [0, 0.1) is 5.92 Å². The molecule has 0 aromatic carbocycles. The van der Waals surface area contributed by atoms with E-state index in [1.54, 1.807) is 0 Å². The van der Waals surface area contributed by atoms with Crippen molar-refractivity contribution in [1.82, 2.24) is 0 Å². The molecule has 0 heterocycles. The topological polar surface area (TPSA) is 34.1 Å². The van der Waals surface area contributed by atoms with Gasteiger partial charge in [-0.3, -0.25) is 9.59 Å². The molecule has 0 saturated heterocycles. The summed E-state index contributed by atoms with van der Waals surface area (Å²) in [6, 6.07) is 0. The molecule has 0 saturated carbocycles. The van der Waals surface area contributed by atoms with Crippen molar-refractivity contribution >= 4 is 27.5 Å². The molecule has 1 atom stereocenters. The summed E-state index contributed by atoms with van der Waals surface area (Å²) in [5, 5.41) is 0. The number of Topliss-reactive ketones (excluding diaryl/α,β-unsaturated/α-hetero) is 2. The zero-order chi connectivity index (χ0) is 9.02. The molecule has 0 aliphatic rings. The minimum atomic E-state index is -0.368. The SMILES string of the molecule is CC(=O)C(=O)C(Br)CC(C)C. The molecule has 0 amide bonds. The molecule has 64 valence electrons. The monoisotopic (exact) mass is 220 g/mol. The maximum absolute atomic E-state index is 11.0. The molecule has 0 rings (SSSR count). The number of ketones is 2. The fraction of sp³-hybridized carbons (Fsp3) is 0.750. The Kier molecular flexibility index (Phi) is 4.57. The molecule has 0 aromatic rings. The number of carbonyl (C=O) groups is 2. The average Bonchev–Trinajstić information content (AvgIpc) is 1.84. The fourth-order valence-electron chi connectivity index (χ4n) is 0.741. The molecule has 0 spiro atoms. The first-order valence-electron chi connectivity index (χ1n) is 3.64. The first-order chi connectivity index (χ1) is 4.95. The first kappa shape index (κ1) is 10.8. The molecule has 0 aliphatic carbocycles. The third kappa shape index (κ3) is 4.30. The van der Waals surface area contributed by atoms with Crippen LogP contribution >= 0.6 is 15.9 Å². The van der Waals surface area contributed by atoms with E-state index in [-0.39, 0.29) is 16.4 Å². The third-order valence-corrected chi connectivity index (χ3v) is 2.10. The van der Waals surface area contributed by atoms with Gasteiger partial charge in [0.1, 0.15) is 0 Å². The summed E-state index contributed by atoms with van der Waals surface area (Å²) in [6.45, 7) is 5.33. The van der Waals surface area contributed by atoms with E-state index < -0.39 is 0 Å². The van der Waals surface area contributed by atoms with Crippen LogP contribution in [0.2, 0.25) is 0 Å². The second kappa shape index (κ2) is 4.65. The Balaban J connectivity index is 3.93. The van der Waals surface area contributed by atoms with Gasteiger partial charge in [-0.2, -0.15) is 0 Å². The predicted molar refractivity (Wildman–Crippen MR) is 47.9 cm³/mol. The first-order valence-corrected chi connectivity index (χ1v) is 4.55. The van der Waals surface area contributed by atoms with Gasteiger partial charge in [-0.05, 0) is 12.3 Å². The molecule has 0 N–H and O–H groups in total. The Labute approximate surface area is 75.5 Å². The summed E-state index contributed by atoms with van der Waals surface area (Å²) in [5.74, 6) is -0.256. The van der Waals surface area contributed by atoms with Crippen LogP contribution < -0.4 is 0 Å². The van der Waals surface area contributed by atoms with Gasteiger partial charge >= 0.3 is 0 Å². The Hall–Kier alpha value is -0.180. The highest BCUT2D eigenvalue weighted by Gasteiger charge is 2.19. The number of hydrogen-bond donors (Lipinski definition) is 0. The van der Waals surface area contributed by atoms with Crippen LogP contribution in [0.5, 0.6) is 0 Å². The van der Waals surface area contributed by atoms with E-state index in [9.17, 15) is 9.59 Å². The van der Waals surface area contributed by atoms with Crippen molar-refractivity contribution in [3.63, 3.8) is 0 Å². The summed E-state index contributed by atoms with van der Waals surface area (Å²) in [4.78, 5) is 21.3. The van der Waals surface area contributed by atoms with Crippen LogP contribution in [0.25, 0.3) is 0 Å². The molecular weight excluding hydrogens is 208 g/mol. The van der Waals surface area contributed by atoms with Gasteiger partial charge in [0.05, 0.1) is 4.83 Å². The van der Waals surface area contributed by atoms with Crippen LogP contribution in [0.1, 0.15) is 27.2 Å². The Bertz CT molecular complexity index is 163. The molecular formula is C8H13BrO2. The zero-order valence-electron chi connectivity index (χ0n) is 7.06. The second-order valence-electron chi connectivity index (χ2n) is 3.02. The fourth-order valence-corrected chi connectivity index (χ4v) is 1.81. The predicted octanol–water partition coefficient (Wildman–Crippen LogP) is 1.95. The number of halogens is 1. The highest BCUT2D eigenvalue weighted by Crippen LogP contribution is 2.13. The smallest absolute Gasteiger partial charge is 0.211 e. The lowest BCUT2D eigenvalue weighted by atomic mass is 10.0. The van der Waals surface area contributed by atoms with Crippen molar-refractivity contribution in [1.29, 1.82) is 0 Å². The lowest BCUT2D eigenvalue weighted by Gasteiger charge is -2.08. The van der Waals surface area contributed by atoms with Gasteiger partial charge in [0.15, 0.2) is 5.78 Å². The summed E-state index contributed by atoms with van der Waals surface area (Å²) in [7, 11) is 0. The summed E-state index contributed by atoms with van der Waals surface area (Å²) in [5.41, 5.74) is 0. The van der Waals surface area contributed by atoms with Crippen LogP contribution in [0.4, 0.5) is 0 Å². The molecule has 1 unspecified atom stereocenters. The lowest BCUT2D eigenvalue weighted by molar-refractivity contribution is -0.135. The van der Waals surface area contributed by atoms with Gasteiger partial charge in [-0.15, -0.1) is 0 Å². The minimum Gasteiger partial charge on any atom is -0.291 e. The van der Waals surface area contributed by atoms with Gasteiger partial charge in [-0.1, -0.05) is 29.8 Å². The largest absolute Gasteiger partial charge is 0.291 e.